The van der Waals surface area contributed by atoms with Crippen molar-refractivity contribution < 1.29 is 4.79 Å². The lowest BCUT2D eigenvalue weighted by Crippen LogP contribution is -2.47. The molecule has 0 spiro atoms. The van der Waals surface area contributed by atoms with E-state index in [1.807, 2.05) is 0 Å². The number of amides is 1. The van der Waals surface area contributed by atoms with Gasteiger partial charge in [-0.3, -0.25) is 4.79 Å². The largest absolute Gasteiger partial charge is 0.369 e. The second-order valence-electron chi connectivity index (χ2n) is 6.55. The minimum atomic E-state index is -0.158. The summed E-state index contributed by atoms with van der Waals surface area (Å²) < 4.78 is 0. The van der Waals surface area contributed by atoms with E-state index in [9.17, 15) is 4.79 Å². The molecule has 1 amide bonds. The number of carbonyl (C=O) groups excluding carboxylic acids is 1. The van der Waals surface area contributed by atoms with Crippen LogP contribution in [0.3, 0.4) is 0 Å². The lowest BCUT2D eigenvalue weighted by atomic mass is 10.00. The summed E-state index contributed by atoms with van der Waals surface area (Å²) in [6.07, 6.45) is 7.29. The van der Waals surface area contributed by atoms with Crippen molar-refractivity contribution in [3.05, 3.63) is 0 Å². The van der Waals surface area contributed by atoms with Gasteiger partial charge in [-0.15, -0.1) is 0 Å². The monoisotopic (exact) mass is 251 g/mol. The molecule has 0 atom stereocenters. The maximum atomic E-state index is 11.4. The predicted octanol–water partition coefficient (Wildman–Crippen LogP) is 0.811. The zero-order chi connectivity index (χ0) is 12.8. The number of nitrogens with zero attached hydrogens (tertiary/aromatic N) is 2. The molecule has 3 fully saturated rings. The average Bonchev–Trinajstić information content (AvgIpc) is 3.23. The van der Waals surface area contributed by atoms with Gasteiger partial charge in [-0.2, -0.15) is 0 Å². The molecule has 4 nitrogen and oxygen atoms in total. The lowest BCUT2D eigenvalue weighted by Gasteiger charge is -2.38. The molecule has 1 aliphatic heterocycles. The first-order chi connectivity index (χ1) is 8.61. The Morgan fingerprint density at radius 1 is 1.22 bits per heavy atom. The highest BCUT2D eigenvalue weighted by Gasteiger charge is 2.49. The highest BCUT2D eigenvalue weighted by atomic mass is 16.1. The van der Waals surface area contributed by atoms with E-state index in [1.165, 1.54) is 25.7 Å². The van der Waals surface area contributed by atoms with Gasteiger partial charge >= 0.3 is 0 Å². The van der Waals surface area contributed by atoms with E-state index in [2.05, 4.69) is 16.8 Å². The van der Waals surface area contributed by atoms with Gasteiger partial charge in [-0.25, -0.2) is 0 Å². The number of hydrogen-bond donors (Lipinski definition) is 1. The Bertz CT molecular complexity index is 328. The third-order valence-corrected chi connectivity index (χ3v) is 5.16. The van der Waals surface area contributed by atoms with Gasteiger partial charge in [-0.1, -0.05) is 0 Å². The van der Waals surface area contributed by atoms with Crippen LogP contribution in [0.5, 0.6) is 0 Å². The van der Waals surface area contributed by atoms with Crippen molar-refractivity contribution in [2.24, 2.45) is 11.1 Å². The molecule has 0 aromatic heterocycles. The Morgan fingerprint density at radius 2 is 1.78 bits per heavy atom. The maximum Gasteiger partial charge on any atom is 0.224 e. The summed E-state index contributed by atoms with van der Waals surface area (Å²) in [6.45, 7) is 3.18. The third-order valence-electron chi connectivity index (χ3n) is 5.16. The van der Waals surface area contributed by atoms with Crippen molar-refractivity contribution in [3.8, 4) is 0 Å². The second kappa shape index (κ2) is 4.49. The Labute approximate surface area is 109 Å². The first-order valence-corrected chi connectivity index (χ1v) is 7.35. The molecule has 0 unspecified atom stereocenters. The first kappa shape index (κ1) is 12.4. The molecule has 0 aromatic rings. The highest BCUT2D eigenvalue weighted by Crippen LogP contribution is 2.46. The van der Waals surface area contributed by atoms with E-state index in [0.717, 1.165) is 44.6 Å². The van der Waals surface area contributed by atoms with E-state index >= 15 is 0 Å². The van der Waals surface area contributed by atoms with E-state index < -0.39 is 0 Å². The van der Waals surface area contributed by atoms with Crippen LogP contribution in [0.4, 0.5) is 0 Å². The number of carbonyl (C=O) groups is 1. The Balaban J connectivity index is 1.46. The van der Waals surface area contributed by atoms with Crippen molar-refractivity contribution in [2.45, 2.75) is 50.6 Å². The van der Waals surface area contributed by atoms with E-state index in [-0.39, 0.29) is 11.3 Å². The van der Waals surface area contributed by atoms with Crippen LogP contribution >= 0.6 is 0 Å². The molecule has 1 heterocycles. The van der Waals surface area contributed by atoms with Crippen molar-refractivity contribution in [1.29, 1.82) is 0 Å². The van der Waals surface area contributed by atoms with Crippen molar-refractivity contribution >= 4 is 5.91 Å². The van der Waals surface area contributed by atoms with Crippen LogP contribution in [0, 0.1) is 5.41 Å². The summed E-state index contributed by atoms with van der Waals surface area (Å²) in [7, 11) is 2.28. The van der Waals surface area contributed by atoms with Gasteiger partial charge in [0.25, 0.3) is 0 Å². The molecule has 0 aromatic carbocycles. The first-order valence-electron chi connectivity index (χ1n) is 7.35. The maximum absolute atomic E-state index is 11.4. The summed E-state index contributed by atoms with van der Waals surface area (Å²) in [5.74, 6) is -0.0836. The molecule has 3 rings (SSSR count). The van der Waals surface area contributed by atoms with Crippen LogP contribution in [-0.4, -0.2) is 54.5 Å². The molecule has 2 aliphatic carbocycles. The standard InChI is InChI=1S/C14H25N3O/c1-16(11-2-3-11)12-4-8-17(9-5-12)10-14(6-7-14)13(15)18/h11-12H,2-10H2,1H3,(H2,15,18). The van der Waals surface area contributed by atoms with Crippen molar-refractivity contribution in [1.82, 2.24) is 9.80 Å². The van der Waals surface area contributed by atoms with Gasteiger partial charge < -0.3 is 15.5 Å². The van der Waals surface area contributed by atoms with Gasteiger partial charge in [-0.05, 0) is 58.7 Å². The van der Waals surface area contributed by atoms with Crippen LogP contribution in [0.2, 0.25) is 0 Å². The average molecular weight is 251 g/mol. The Morgan fingerprint density at radius 3 is 2.22 bits per heavy atom. The third kappa shape index (κ3) is 2.41. The smallest absolute Gasteiger partial charge is 0.224 e. The molecule has 1 saturated heterocycles. The highest BCUT2D eigenvalue weighted by molar-refractivity contribution is 5.83. The van der Waals surface area contributed by atoms with Crippen LogP contribution in [0.1, 0.15) is 38.5 Å². The molecular formula is C14H25N3O. The molecule has 4 heteroatoms. The van der Waals surface area contributed by atoms with Gasteiger partial charge in [0, 0.05) is 18.6 Å². The molecule has 2 N–H and O–H groups in total. The number of primary amides is 1. The predicted molar refractivity (Wildman–Crippen MR) is 71.1 cm³/mol. The normalized spacial score (nSPS) is 28.6. The zero-order valence-electron chi connectivity index (χ0n) is 11.4. The van der Waals surface area contributed by atoms with Gasteiger partial charge in [0.1, 0.15) is 0 Å². The number of likely N-dealkylation sites (tertiary alicyclic amines) is 1. The molecule has 3 aliphatic rings. The topological polar surface area (TPSA) is 49.6 Å². The van der Waals surface area contributed by atoms with Gasteiger partial charge in [0.15, 0.2) is 0 Å². The van der Waals surface area contributed by atoms with E-state index in [0.29, 0.717) is 0 Å². The van der Waals surface area contributed by atoms with Crippen molar-refractivity contribution in [3.63, 3.8) is 0 Å². The van der Waals surface area contributed by atoms with Crippen molar-refractivity contribution in [2.75, 3.05) is 26.7 Å². The van der Waals surface area contributed by atoms with Crippen LogP contribution in [-0.2, 0) is 4.79 Å². The van der Waals surface area contributed by atoms with Crippen LogP contribution < -0.4 is 5.73 Å². The summed E-state index contributed by atoms with van der Waals surface area (Å²) in [6, 6.07) is 1.62. The molecular weight excluding hydrogens is 226 g/mol. The number of nitrogens with two attached hydrogens (primary N) is 1. The zero-order valence-corrected chi connectivity index (χ0v) is 11.4. The summed E-state index contributed by atoms with van der Waals surface area (Å²) in [4.78, 5) is 16.4. The summed E-state index contributed by atoms with van der Waals surface area (Å²) in [5, 5.41) is 0. The second-order valence-corrected chi connectivity index (χ2v) is 6.55. The van der Waals surface area contributed by atoms with Gasteiger partial charge in [0.05, 0.1) is 5.41 Å². The molecule has 102 valence electrons. The lowest BCUT2D eigenvalue weighted by molar-refractivity contribution is -0.123. The fourth-order valence-corrected chi connectivity index (χ4v) is 3.33. The van der Waals surface area contributed by atoms with Gasteiger partial charge in [0.2, 0.25) is 5.91 Å². The fourth-order valence-electron chi connectivity index (χ4n) is 3.33. The molecule has 18 heavy (non-hydrogen) atoms. The SMILES string of the molecule is CN(C1CC1)C1CCN(CC2(C(N)=O)CC2)CC1. The van der Waals surface area contributed by atoms with E-state index in [4.69, 9.17) is 5.73 Å². The minimum Gasteiger partial charge on any atom is -0.369 e. The van der Waals surface area contributed by atoms with Crippen LogP contribution in [0.25, 0.3) is 0 Å². The molecule has 0 radical (unpaired) electrons. The molecule has 0 bridgehead atoms. The van der Waals surface area contributed by atoms with Crippen LogP contribution in [0.15, 0.2) is 0 Å². The minimum absolute atomic E-state index is 0.0836. The fraction of sp³-hybridized carbons (Fsp3) is 0.929. The summed E-state index contributed by atoms with van der Waals surface area (Å²) in [5.41, 5.74) is 5.34. The molecule has 2 saturated carbocycles. The Kier molecular flexibility index (Phi) is 3.10. The Hall–Kier alpha value is -0.610. The van der Waals surface area contributed by atoms with E-state index in [1.54, 1.807) is 0 Å². The number of rotatable bonds is 5. The number of hydrogen-bond acceptors (Lipinski definition) is 3. The summed E-state index contributed by atoms with van der Waals surface area (Å²) >= 11 is 0. The number of piperidine rings is 1. The quantitative estimate of drug-likeness (QED) is 0.786.